The van der Waals surface area contributed by atoms with Gasteiger partial charge in [-0.15, -0.1) is 6.58 Å². The van der Waals surface area contributed by atoms with Crippen LogP contribution in [0.3, 0.4) is 0 Å². The second-order valence-corrected chi connectivity index (χ2v) is 6.73. The molecule has 0 saturated carbocycles. The van der Waals surface area contributed by atoms with Gasteiger partial charge in [0.05, 0.1) is 11.2 Å². The van der Waals surface area contributed by atoms with Crippen LogP contribution in [0, 0.1) is 0 Å². The molecule has 27 heavy (non-hydrogen) atoms. The van der Waals surface area contributed by atoms with Crippen molar-refractivity contribution >= 4 is 0 Å². The summed E-state index contributed by atoms with van der Waals surface area (Å²) in [4.78, 5) is 7.45. The van der Waals surface area contributed by atoms with Gasteiger partial charge in [-0.25, -0.2) is 22.5 Å². The van der Waals surface area contributed by atoms with E-state index >= 15 is 0 Å². The third kappa shape index (κ3) is 5.75. The SMILES string of the molecule is C=C(C)CC(C)(N)COc1ccc(-c2ccnc(C(F)F)c2)nc1C(F)F. The summed E-state index contributed by atoms with van der Waals surface area (Å²) in [6.07, 6.45) is -4.02. The molecule has 0 spiro atoms. The predicted octanol–water partition coefficient (Wildman–Crippen LogP) is 5.08. The van der Waals surface area contributed by atoms with Gasteiger partial charge in [0, 0.05) is 11.8 Å². The second kappa shape index (κ2) is 8.47. The van der Waals surface area contributed by atoms with Crippen molar-refractivity contribution in [2.45, 2.75) is 38.7 Å². The first-order valence-electron chi connectivity index (χ1n) is 8.18. The zero-order valence-electron chi connectivity index (χ0n) is 15.1. The number of halogens is 4. The first-order chi connectivity index (χ1) is 12.6. The quantitative estimate of drug-likeness (QED) is 0.510. The van der Waals surface area contributed by atoms with Gasteiger partial charge in [0.2, 0.25) is 0 Å². The van der Waals surface area contributed by atoms with E-state index in [-0.39, 0.29) is 23.6 Å². The van der Waals surface area contributed by atoms with Gasteiger partial charge in [-0.2, -0.15) is 0 Å². The van der Waals surface area contributed by atoms with Crippen LogP contribution in [0.2, 0.25) is 0 Å². The molecule has 0 fully saturated rings. The molecule has 1 unspecified atom stereocenters. The first-order valence-corrected chi connectivity index (χ1v) is 8.18. The van der Waals surface area contributed by atoms with Crippen LogP contribution in [-0.4, -0.2) is 22.1 Å². The van der Waals surface area contributed by atoms with Gasteiger partial charge in [0.1, 0.15) is 23.7 Å². The fourth-order valence-electron chi connectivity index (χ4n) is 2.61. The zero-order chi connectivity index (χ0) is 20.2. The molecule has 0 radical (unpaired) electrons. The molecule has 4 nitrogen and oxygen atoms in total. The van der Waals surface area contributed by atoms with Gasteiger partial charge < -0.3 is 10.5 Å². The molecule has 1 atom stereocenters. The van der Waals surface area contributed by atoms with E-state index in [2.05, 4.69) is 16.5 Å². The van der Waals surface area contributed by atoms with E-state index in [9.17, 15) is 17.6 Å². The van der Waals surface area contributed by atoms with E-state index in [1.165, 1.54) is 24.4 Å². The maximum Gasteiger partial charge on any atom is 0.284 e. The Balaban J connectivity index is 2.29. The summed E-state index contributed by atoms with van der Waals surface area (Å²) < 4.78 is 57.9. The van der Waals surface area contributed by atoms with Gasteiger partial charge in [-0.3, -0.25) is 4.98 Å². The highest BCUT2D eigenvalue weighted by atomic mass is 19.3. The van der Waals surface area contributed by atoms with Crippen LogP contribution >= 0.6 is 0 Å². The van der Waals surface area contributed by atoms with Gasteiger partial charge in [-0.1, -0.05) is 5.57 Å². The van der Waals surface area contributed by atoms with Crippen LogP contribution in [0.5, 0.6) is 5.75 Å². The summed E-state index contributed by atoms with van der Waals surface area (Å²) in [6.45, 7) is 7.32. The molecule has 2 heterocycles. The molecule has 2 aromatic heterocycles. The number of hydrogen-bond donors (Lipinski definition) is 1. The van der Waals surface area contributed by atoms with Gasteiger partial charge >= 0.3 is 0 Å². The van der Waals surface area contributed by atoms with Crippen molar-refractivity contribution in [3.63, 3.8) is 0 Å². The summed E-state index contributed by atoms with van der Waals surface area (Å²) in [7, 11) is 0. The summed E-state index contributed by atoms with van der Waals surface area (Å²) in [5, 5.41) is 0. The third-order valence-electron chi connectivity index (χ3n) is 3.66. The maximum absolute atomic E-state index is 13.4. The lowest BCUT2D eigenvalue weighted by Gasteiger charge is -2.25. The lowest BCUT2D eigenvalue weighted by molar-refractivity contribution is 0.136. The Hall–Kier alpha value is -2.48. The fraction of sp³-hybridized carbons (Fsp3) is 0.368. The van der Waals surface area contributed by atoms with Crippen LogP contribution in [0.25, 0.3) is 11.3 Å². The van der Waals surface area contributed by atoms with Crippen LogP contribution in [0.4, 0.5) is 17.6 Å². The lowest BCUT2D eigenvalue weighted by atomic mass is 9.96. The van der Waals surface area contributed by atoms with Crippen LogP contribution < -0.4 is 10.5 Å². The van der Waals surface area contributed by atoms with Crippen molar-refractivity contribution < 1.29 is 22.3 Å². The number of nitrogens with two attached hydrogens (primary N) is 1. The van der Waals surface area contributed by atoms with Crippen molar-refractivity contribution in [3.05, 3.63) is 54.0 Å². The molecule has 0 aliphatic heterocycles. The number of rotatable bonds is 8. The van der Waals surface area contributed by atoms with E-state index in [1.807, 2.05) is 6.92 Å². The molecule has 0 aromatic carbocycles. The van der Waals surface area contributed by atoms with Crippen molar-refractivity contribution in [1.29, 1.82) is 0 Å². The number of aromatic nitrogens is 2. The minimum Gasteiger partial charge on any atom is -0.490 e. The van der Waals surface area contributed by atoms with Gasteiger partial charge in [0.15, 0.2) is 0 Å². The van der Waals surface area contributed by atoms with Gasteiger partial charge in [0.25, 0.3) is 12.9 Å². The van der Waals surface area contributed by atoms with Crippen molar-refractivity contribution in [2.24, 2.45) is 5.73 Å². The highest BCUT2D eigenvalue weighted by molar-refractivity contribution is 5.60. The standard InChI is InChI=1S/C19H21F4N3O/c1-11(2)9-19(3,24)10-27-15-5-4-13(26-16(15)18(22)23)12-6-7-25-14(8-12)17(20)21/h4-8,17-18H,1,9-10,24H2,2-3H3. The molecule has 146 valence electrons. The fourth-order valence-corrected chi connectivity index (χ4v) is 2.61. The molecule has 0 aliphatic carbocycles. The van der Waals surface area contributed by atoms with Crippen molar-refractivity contribution in [2.75, 3.05) is 6.61 Å². The number of hydrogen-bond acceptors (Lipinski definition) is 4. The van der Waals surface area contributed by atoms with E-state index in [1.54, 1.807) is 6.92 Å². The summed E-state index contributed by atoms with van der Waals surface area (Å²) >= 11 is 0. The molecule has 2 N–H and O–H groups in total. The van der Waals surface area contributed by atoms with Crippen LogP contribution in [0.1, 0.15) is 44.5 Å². The molecule has 8 heteroatoms. The third-order valence-corrected chi connectivity index (χ3v) is 3.66. The van der Waals surface area contributed by atoms with Crippen LogP contribution in [0.15, 0.2) is 42.6 Å². The molecule has 0 saturated heterocycles. The van der Waals surface area contributed by atoms with Gasteiger partial charge in [-0.05, 0) is 44.5 Å². The van der Waals surface area contributed by atoms with E-state index in [0.29, 0.717) is 6.42 Å². The average molecular weight is 383 g/mol. The summed E-state index contributed by atoms with van der Waals surface area (Å²) in [5.74, 6) is -0.102. The number of alkyl halides is 4. The Morgan fingerprint density at radius 2 is 1.93 bits per heavy atom. The van der Waals surface area contributed by atoms with E-state index < -0.39 is 29.8 Å². The Morgan fingerprint density at radius 3 is 2.52 bits per heavy atom. The monoisotopic (exact) mass is 383 g/mol. The summed E-state index contributed by atoms with van der Waals surface area (Å²) in [6, 6.07) is 5.31. The molecule has 0 aliphatic rings. The minimum atomic E-state index is -2.90. The number of pyridine rings is 2. The predicted molar refractivity (Wildman–Crippen MR) is 94.9 cm³/mol. The maximum atomic E-state index is 13.4. The second-order valence-electron chi connectivity index (χ2n) is 6.73. The smallest absolute Gasteiger partial charge is 0.284 e. The highest BCUT2D eigenvalue weighted by Crippen LogP contribution is 2.31. The first kappa shape index (κ1) is 20.8. The molecule has 0 amide bonds. The zero-order valence-corrected chi connectivity index (χ0v) is 15.1. The van der Waals surface area contributed by atoms with Crippen molar-refractivity contribution in [1.82, 2.24) is 9.97 Å². The van der Waals surface area contributed by atoms with Crippen LogP contribution in [-0.2, 0) is 0 Å². The number of nitrogens with zero attached hydrogens (tertiary/aromatic N) is 2. The molecular weight excluding hydrogens is 362 g/mol. The molecule has 2 rings (SSSR count). The largest absolute Gasteiger partial charge is 0.490 e. The average Bonchev–Trinajstić information content (AvgIpc) is 2.58. The normalized spacial score (nSPS) is 13.7. The number of ether oxygens (including phenoxy) is 1. The summed E-state index contributed by atoms with van der Waals surface area (Å²) in [5.41, 5.74) is 5.52. The minimum absolute atomic E-state index is 0.00854. The Bertz CT molecular complexity index is 809. The Labute approximate surface area is 155 Å². The van der Waals surface area contributed by atoms with E-state index in [4.69, 9.17) is 10.5 Å². The molecular formula is C19H21F4N3O. The highest BCUT2D eigenvalue weighted by Gasteiger charge is 2.23. The Morgan fingerprint density at radius 1 is 1.22 bits per heavy atom. The Kier molecular flexibility index (Phi) is 6.54. The van der Waals surface area contributed by atoms with E-state index in [0.717, 1.165) is 11.6 Å². The molecule has 2 aromatic rings. The van der Waals surface area contributed by atoms with Crippen molar-refractivity contribution in [3.8, 4) is 17.0 Å². The topological polar surface area (TPSA) is 61.0 Å². The lowest BCUT2D eigenvalue weighted by Crippen LogP contribution is -2.42. The molecule has 0 bridgehead atoms.